The molecule has 9 heavy (non-hydrogen) atoms. The molecule has 0 aromatic rings. The van der Waals surface area contributed by atoms with Gasteiger partial charge in [-0.2, -0.15) is 0 Å². The summed E-state index contributed by atoms with van der Waals surface area (Å²) in [5.41, 5.74) is 0. The van der Waals surface area contributed by atoms with Crippen LogP contribution in [0.25, 0.3) is 0 Å². The fourth-order valence-corrected chi connectivity index (χ4v) is 1.36. The Balaban J connectivity index is 2.19. The highest BCUT2D eigenvalue weighted by atomic mass is 16.1. The first-order valence-corrected chi connectivity index (χ1v) is 3.69. The van der Waals surface area contributed by atoms with Gasteiger partial charge in [-0.3, -0.25) is 0 Å². The minimum atomic E-state index is 0.400. The minimum absolute atomic E-state index is 0.400. The number of carbonyl (C=O) groups is 1. The van der Waals surface area contributed by atoms with Crippen molar-refractivity contribution in [1.82, 2.24) is 0 Å². The molecule has 0 amide bonds. The van der Waals surface area contributed by atoms with Crippen molar-refractivity contribution in [2.45, 2.75) is 26.7 Å². The molecule has 1 aliphatic rings. The SMILES string of the molecule is CC(C)[C@H]1C[C@@H](C=O)C1. The predicted molar refractivity (Wildman–Crippen MR) is 37.1 cm³/mol. The van der Waals surface area contributed by atoms with Gasteiger partial charge >= 0.3 is 0 Å². The Bertz CT molecular complexity index is 101. The molecule has 0 atom stereocenters. The molecule has 1 rings (SSSR count). The number of rotatable bonds is 2. The van der Waals surface area contributed by atoms with Gasteiger partial charge < -0.3 is 4.79 Å². The molecule has 0 unspecified atom stereocenters. The third kappa shape index (κ3) is 1.32. The van der Waals surface area contributed by atoms with E-state index < -0.39 is 0 Å². The van der Waals surface area contributed by atoms with Crippen LogP contribution in [0.1, 0.15) is 26.7 Å². The molecular weight excluding hydrogens is 112 g/mol. The van der Waals surface area contributed by atoms with E-state index in [4.69, 9.17) is 0 Å². The summed E-state index contributed by atoms with van der Waals surface area (Å²) in [7, 11) is 0. The predicted octanol–water partition coefficient (Wildman–Crippen LogP) is 1.87. The first kappa shape index (κ1) is 6.79. The summed E-state index contributed by atoms with van der Waals surface area (Å²) in [5, 5.41) is 0. The molecule has 1 fully saturated rings. The molecule has 1 nitrogen and oxygen atoms in total. The summed E-state index contributed by atoms with van der Waals surface area (Å²) in [6.45, 7) is 4.46. The van der Waals surface area contributed by atoms with Crippen molar-refractivity contribution in [2.24, 2.45) is 17.8 Å². The van der Waals surface area contributed by atoms with Crippen molar-refractivity contribution in [3.8, 4) is 0 Å². The number of aldehydes is 1. The Morgan fingerprint density at radius 1 is 1.44 bits per heavy atom. The zero-order valence-electron chi connectivity index (χ0n) is 6.13. The van der Waals surface area contributed by atoms with Crippen LogP contribution in [0.15, 0.2) is 0 Å². The monoisotopic (exact) mass is 126 g/mol. The van der Waals surface area contributed by atoms with Gasteiger partial charge in [-0.15, -0.1) is 0 Å². The lowest BCUT2D eigenvalue weighted by molar-refractivity contribution is -0.115. The molecule has 1 saturated carbocycles. The maximum absolute atomic E-state index is 10.2. The zero-order chi connectivity index (χ0) is 6.85. The number of hydrogen-bond donors (Lipinski definition) is 0. The van der Waals surface area contributed by atoms with E-state index in [1.165, 1.54) is 0 Å². The maximum atomic E-state index is 10.2. The van der Waals surface area contributed by atoms with Crippen LogP contribution < -0.4 is 0 Å². The van der Waals surface area contributed by atoms with E-state index in [9.17, 15) is 4.79 Å². The third-order valence-electron chi connectivity index (χ3n) is 2.35. The Morgan fingerprint density at radius 2 is 2.00 bits per heavy atom. The fraction of sp³-hybridized carbons (Fsp3) is 0.875. The van der Waals surface area contributed by atoms with Crippen molar-refractivity contribution < 1.29 is 4.79 Å². The van der Waals surface area contributed by atoms with Crippen LogP contribution in [0.4, 0.5) is 0 Å². The van der Waals surface area contributed by atoms with Gasteiger partial charge in [-0.1, -0.05) is 13.8 Å². The van der Waals surface area contributed by atoms with Crippen molar-refractivity contribution in [2.75, 3.05) is 0 Å². The van der Waals surface area contributed by atoms with E-state index in [-0.39, 0.29) is 0 Å². The van der Waals surface area contributed by atoms with Crippen LogP contribution in [0.5, 0.6) is 0 Å². The minimum Gasteiger partial charge on any atom is -0.303 e. The maximum Gasteiger partial charge on any atom is 0.123 e. The van der Waals surface area contributed by atoms with Crippen LogP contribution in [-0.2, 0) is 4.79 Å². The third-order valence-corrected chi connectivity index (χ3v) is 2.35. The van der Waals surface area contributed by atoms with Gasteiger partial charge in [0.1, 0.15) is 6.29 Å². The molecule has 0 radical (unpaired) electrons. The van der Waals surface area contributed by atoms with Gasteiger partial charge in [-0.25, -0.2) is 0 Å². The van der Waals surface area contributed by atoms with Crippen LogP contribution in [0.3, 0.4) is 0 Å². The second-order valence-electron chi connectivity index (χ2n) is 3.37. The summed E-state index contributed by atoms with van der Waals surface area (Å²) in [4.78, 5) is 10.2. The van der Waals surface area contributed by atoms with Crippen LogP contribution in [-0.4, -0.2) is 6.29 Å². The van der Waals surface area contributed by atoms with E-state index in [1.807, 2.05) is 0 Å². The van der Waals surface area contributed by atoms with Gasteiger partial charge in [0.2, 0.25) is 0 Å². The van der Waals surface area contributed by atoms with Gasteiger partial charge in [0.05, 0.1) is 0 Å². The summed E-state index contributed by atoms with van der Waals surface area (Å²) < 4.78 is 0. The van der Waals surface area contributed by atoms with E-state index in [0.717, 1.165) is 31.0 Å². The molecule has 1 aliphatic carbocycles. The van der Waals surface area contributed by atoms with Crippen molar-refractivity contribution >= 4 is 6.29 Å². The molecule has 0 heterocycles. The standard InChI is InChI=1S/C8H14O/c1-6(2)8-3-7(4-8)5-9/h5-8H,3-4H2,1-2H3/t7-,8+. The molecule has 0 aliphatic heterocycles. The normalized spacial score (nSPS) is 34.1. The topological polar surface area (TPSA) is 17.1 Å². The average Bonchev–Trinajstić information content (AvgIpc) is 1.61. The lowest BCUT2D eigenvalue weighted by Gasteiger charge is -2.34. The summed E-state index contributed by atoms with van der Waals surface area (Å²) in [6.07, 6.45) is 3.38. The Morgan fingerprint density at radius 3 is 2.33 bits per heavy atom. The van der Waals surface area contributed by atoms with E-state index in [2.05, 4.69) is 13.8 Å². The lowest BCUT2D eigenvalue weighted by Crippen LogP contribution is -2.28. The lowest BCUT2D eigenvalue weighted by atomic mass is 9.70. The first-order valence-electron chi connectivity index (χ1n) is 3.69. The van der Waals surface area contributed by atoms with E-state index >= 15 is 0 Å². The van der Waals surface area contributed by atoms with Crippen LogP contribution in [0, 0.1) is 17.8 Å². The molecular formula is C8H14O. The largest absolute Gasteiger partial charge is 0.303 e. The van der Waals surface area contributed by atoms with Crippen LogP contribution >= 0.6 is 0 Å². The average molecular weight is 126 g/mol. The van der Waals surface area contributed by atoms with Crippen molar-refractivity contribution in [3.63, 3.8) is 0 Å². The van der Waals surface area contributed by atoms with Crippen molar-refractivity contribution in [3.05, 3.63) is 0 Å². The van der Waals surface area contributed by atoms with Crippen molar-refractivity contribution in [1.29, 1.82) is 0 Å². The number of carbonyl (C=O) groups excluding carboxylic acids is 1. The Hall–Kier alpha value is -0.330. The Kier molecular flexibility index (Phi) is 1.89. The molecule has 0 N–H and O–H groups in total. The summed E-state index contributed by atoms with van der Waals surface area (Å²) >= 11 is 0. The van der Waals surface area contributed by atoms with Gasteiger partial charge in [0, 0.05) is 5.92 Å². The smallest absolute Gasteiger partial charge is 0.123 e. The van der Waals surface area contributed by atoms with Gasteiger partial charge in [0.15, 0.2) is 0 Å². The quantitative estimate of drug-likeness (QED) is 0.516. The van der Waals surface area contributed by atoms with Crippen LogP contribution in [0.2, 0.25) is 0 Å². The molecule has 0 aromatic carbocycles. The van der Waals surface area contributed by atoms with Gasteiger partial charge in [0.25, 0.3) is 0 Å². The molecule has 52 valence electrons. The highest BCUT2D eigenvalue weighted by Gasteiger charge is 2.30. The highest BCUT2D eigenvalue weighted by molar-refractivity contribution is 5.54. The second-order valence-corrected chi connectivity index (χ2v) is 3.37. The van der Waals surface area contributed by atoms with Gasteiger partial charge in [-0.05, 0) is 24.7 Å². The fourth-order valence-electron chi connectivity index (χ4n) is 1.36. The van der Waals surface area contributed by atoms with E-state index in [1.54, 1.807) is 0 Å². The molecule has 0 saturated heterocycles. The number of hydrogen-bond acceptors (Lipinski definition) is 1. The molecule has 0 aromatic heterocycles. The zero-order valence-corrected chi connectivity index (χ0v) is 6.13. The first-order chi connectivity index (χ1) is 4.24. The van der Waals surface area contributed by atoms with E-state index in [0.29, 0.717) is 5.92 Å². The second kappa shape index (κ2) is 2.51. The molecule has 1 heteroatoms. The summed E-state index contributed by atoms with van der Waals surface area (Å²) in [5.74, 6) is 2.01. The molecule has 0 spiro atoms. The Labute approximate surface area is 56.4 Å². The summed E-state index contributed by atoms with van der Waals surface area (Å²) in [6, 6.07) is 0. The highest BCUT2D eigenvalue weighted by Crippen LogP contribution is 2.37. The molecule has 0 bridgehead atoms.